The molecule has 71 heavy (non-hydrogen) atoms. The molecule has 1 amide bonds. The number of rotatable bonds is 62. The van der Waals surface area contributed by atoms with Gasteiger partial charge in [-0.1, -0.05) is 341 Å². The summed E-state index contributed by atoms with van der Waals surface area (Å²) >= 11 is 0. The van der Waals surface area contributed by atoms with Gasteiger partial charge in [-0.05, 0) is 25.7 Å². The van der Waals surface area contributed by atoms with Gasteiger partial charge in [-0.15, -0.1) is 0 Å². The molecule has 0 aromatic heterocycles. The van der Waals surface area contributed by atoms with Crippen LogP contribution in [0.5, 0.6) is 0 Å². The van der Waals surface area contributed by atoms with Gasteiger partial charge in [0.25, 0.3) is 0 Å². The molecule has 424 valence electrons. The number of aliphatic hydroxyl groups is 2. The molecule has 0 spiro atoms. The van der Waals surface area contributed by atoms with E-state index in [1.165, 1.54) is 308 Å². The van der Waals surface area contributed by atoms with Gasteiger partial charge < -0.3 is 20.3 Å². The van der Waals surface area contributed by atoms with Crippen LogP contribution in [0.1, 0.15) is 380 Å². The Kier molecular flexibility index (Phi) is 60.4. The zero-order valence-electron chi connectivity index (χ0n) is 48.5. The Bertz CT molecular complexity index is 1020. The third kappa shape index (κ3) is 58.0. The van der Waals surface area contributed by atoms with Crippen LogP contribution in [0, 0.1) is 0 Å². The average Bonchev–Trinajstić information content (AvgIpc) is 3.37. The first-order valence-corrected chi connectivity index (χ1v) is 32.8. The predicted octanol–water partition coefficient (Wildman–Crippen LogP) is 20.6. The average molecular weight is 1000 g/mol. The van der Waals surface area contributed by atoms with Crippen LogP contribution in [0.4, 0.5) is 0 Å². The lowest BCUT2D eigenvalue weighted by atomic mass is 10.0. The summed E-state index contributed by atoms with van der Waals surface area (Å²) in [6.45, 7) is 4.98. The highest BCUT2D eigenvalue weighted by Crippen LogP contribution is 2.19. The van der Waals surface area contributed by atoms with E-state index < -0.39 is 12.1 Å². The molecule has 0 aliphatic carbocycles. The van der Waals surface area contributed by atoms with Gasteiger partial charge in [-0.2, -0.15) is 0 Å². The minimum atomic E-state index is -0.660. The molecule has 0 saturated carbocycles. The summed E-state index contributed by atoms with van der Waals surface area (Å²) < 4.78 is 5.50. The summed E-state index contributed by atoms with van der Waals surface area (Å²) in [6.07, 6.45) is 72.8. The lowest BCUT2D eigenvalue weighted by Crippen LogP contribution is -2.45. The number of esters is 1. The van der Waals surface area contributed by atoms with Gasteiger partial charge in [0.15, 0.2) is 0 Å². The molecule has 0 fully saturated rings. The van der Waals surface area contributed by atoms with E-state index in [1.54, 1.807) is 0 Å². The first kappa shape index (κ1) is 69.9. The van der Waals surface area contributed by atoms with E-state index in [1.807, 2.05) is 0 Å². The highest BCUT2D eigenvalue weighted by Gasteiger charge is 2.20. The Morgan fingerprint density at radius 2 is 0.577 bits per heavy atom. The van der Waals surface area contributed by atoms with Crippen molar-refractivity contribution < 1.29 is 24.5 Å². The number of amides is 1. The van der Waals surface area contributed by atoms with Crippen molar-refractivity contribution in [1.82, 2.24) is 5.32 Å². The summed E-state index contributed by atoms with van der Waals surface area (Å²) in [5.74, 6) is -0.00915. The van der Waals surface area contributed by atoms with Gasteiger partial charge in [0.1, 0.15) is 0 Å². The number of aliphatic hydroxyl groups excluding tert-OH is 2. The number of hydrogen-bond donors (Lipinski definition) is 3. The van der Waals surface area contributed by atoms with Gasteiger partial charge in [0.05, 0.1) is 25.4 Å². The smallest absolute Gasteiger partial charge is 0.305 e. The maximum atomic E-state index is 12.5. The van der Waals surface area contributed by atoms with Crippen LogP contribution < -0.4 is 5.32 Å². The quantitative estimate of drug-likeness (QED) is 0.0417. The normalized spacial score (nSPS) is 12.5. The summed E-state index contributed by atoms with van der Waals surface area (Å²) in [7, 11) is 0. The summed E-state index contributed by atoms with van der Waals surface area (Å²) in [5, 5.41) is 23.2. The van der Waals surface area contributed by atoms with Gasteiger partial charge in [-0.3, -0.25) is 9.59 Å². The first-order chi connectivity index (χ1) is 35.0. The third-order valence-electron chi connectivity index (χ3n) is 15.7. The Morgan fingerprint density at radius 3 is 0.859 bits per heavy atom. The lowest BCUT2D eigenvalue weighted by molar-refractivity contribution is -0.143. The fraction of sp³-hybridized carbons (Fsp3) is 0.969. The van der Waals surface area contributed by atoms with E-state index in [2.05, 4.69) is 19.2 Å². The van der Waals surface area contributed by atoms with Crippen LogP contribution in [-0.2, 0) is 14.3 Å². The summed E-state index contributed by atoms with van der Waals surface area (Å²) in [4.78, 5) is 24.5. The van der Waals surface area contributed by atoms with Crippen LogP contribution in [0.3, 0.4) is 0 Å². The first-order valence-electron chi connectivity index (χ1n) is 32.8. The predicted molar refractivity (Wildman–Crippen MR) is 310 cm³/mol. The number of carbonyl (C=O) groups excluding carboxylic acids is 2. The van der Waals surface area contributed by atoms with Gasteiger partial charge in [0, 0.05) is 12.8 Å². The molecule has 0 bridgehead atoms. The van der Waals surface area contributed by atoms with Crippen molar-refractivity contribution in [3.63, 3.8) is 0 Å². The fourth-order valence-corrected chi connectivity index (χ4v) is 10.6. The number of ether oxygens (including phenoxy) is 1. The minimum absolute atomic E-state index is 0.0222. The Balaban J connectivity index is 3.30. The van der Waals surface area contributed by atoms with Crippen molar-refractivity contribution in [3.8, 4) is 0 Å². The summed E-state index contributed by atoms with van der Waals surface area (Å²) in [6, 6.07) is -0.537. The zero-order chi connectivity index (χ0) is 51.4. The Morgan fingerprint density at radius 1 is 0.338 bits per heavy atom. The standard InChI is InChI=1S/C65H129NO5/c1-3-5-7-9-11-13-15-16-17-28-32-35-39-43-47-51-55-59-65(70)71-60-56-52-48-44-40-36-33-30-27-25-23-21-19-18-20-22-24-26-29-31-34-38-42-46-50-54-58-64(69)66-62(61-67)63(68)57-53-49-45-41-37-14-12-10-8-6-4-2/h62-63,67-68H,3-61H2,1-2H3,(H,66,69). The van der Waals surface area contributed by atoms with E-state index in [-0.39, 0.29) is 18.5 Å². The highest BCUT2D eigenvalue weighted by atomic mass is 16.5. The maximum absolute atomic E-state index is 12.5. The van der Waals surface area contributed by atoms with Gasteiger partial charge in [-0.25, -0.2) is 0 Å². The molecule has 0 aromatic rings. The summed E-state index contributed by atoms with van der Waals surface area (Å²) in [5.41, 5.74) is 0. The van der Waals surface area contributed by atoms with Crippen molar-refractivity contribution in [3.05, 3.63) is 0 Å². The van der Waals surface area contributed by atoms with E-state index in [0.29, 0.717) is 25.9 Å². The molecule has 2 atom stereocenters. The SMILES string of the molecule is CCCCCCCCCCCCCCCCCCCC(=O)OCCCCCCCCCCCCCCCCCCCCCCCCCCCCC(=O)NC(CO)C(O)CCCCCCCCCCCCC. The molecule has 0 aliphatic rings. The van der Waals surface area contributed by atoms with E-state index >= 15 is 0 Å². The molecular weight excluding hydrogens is 875 g/mol. The van der Waals surface area contributed by atoms with Crippen LogP contribution in [0.2, 0.25) is 0 Å². The molecule has 6 heteroatoms. The zero-order valence-corrected chi connectivity index (χ0v) is 48.5. The second-order valence-electron chi connectivity index (χ2n) is 22.8. The van der Waals surface area contributed by atoms with Crippen molar-refractivity contribution in [2.45, 2.75) is 392 Å². The largest absolute Gasteiger partial charge is 0.466 e. The topological polar surface area (TPSA) is 95.9 Å². The fourth-order valence-electron chi connectivity index (χ4n) is 10.6. The Hall–Kier alpha value is -1.14. The van der Waals surface area contributed by atoms with Crippen molar-refractivity contribution >= 4 is 11.9 Å². The maximum Gasteiger partial charge on any atom is 0.305 e. The van der Waals surface area contributed by atoms with Crippen LogP contribution in [0.15, 0.2) is 0 Å². The molecular formula is C65H129NO5. The number of hydrogen-bond acceptors (Lipinski definition) is 5. The molecule has 3 N–H and O–H groups in total. The van der Waals surface area contributed by atoms with Crippen LogP contribution in [-0.4, -0.2) is 47.4 Å². The number of unbranched alkanes of at least 4 members (excludes halogenated alkanes) is 51. The molecule has 0 aromatic carbocycles. The lowest BCUT2D eigenvalue weighted by Gasteiger charge is -2.22. The van der Waals surface area contributed by atoms with Crippen LogP contribution in [0.25, 0.3) is 0 Å². The number of nitrogens with one attached hydrogen (secondary N) is 1. The highest BCUT2D eigenvalue weighted by molar-refractivity contribution is 5.76. The van der Waals surface area contributed by atoms with Crippen molar-refractivity contribution in [2.24, 2.45) is 0 Å². The van der Waals surface area contributed by atoms with E-state index in [4.69, 9.17) is 4.74 Å². The Labute approximate surface area is 445 Å². The molecule has 0 radical (unpaired) electrons. The minimum Gasteiger partial charge on any atom is -0.466 e. The monoisotopic (exact) mass is 1000 g/mol. The molecule has 0 rings (SSSR count). The molecule has 0 saturated heterocycles. The second-order valence-corrected chi connectivity index (χ2v) is 22.8. The molecule has 6 nitrogen and oxygen atoms in total. The van der Waals surface area contributed by atoms with Crippen molar-refractivity contribution in [2.75, 3.05) is 13.2 Å². The number of carbonyl (C=O) groups is 2. The third-order valence-corrected chi connectivity index (χ3v) is 15.7. The van der Waals surface area contributed by atoms with Gasteiger partial charge >= 0.3 is 5.97 Å². The second kappa shape index (κ2) is 61.4. The molecule has 2 unspecified atom stereocenters. The van der Waals surface area contributed by atoms with Gasteiger partial charge in [0.2, 0.25) is 5.91 Å². The van der Waals surface area contributed by atoms with E-state index in [0.717, 1.165) is 38.5 Å². The van der Waals surface area contributed by atoms with E-state index in [9.17, 15) is 19.8 Å². The molecule has 0 heterocycles. The van der Waals surface area contributed by atoms with Crippen LogP contribution >= 0.6 is 0 Å². The van der Waals surface area contributed by atoms with Crippen molar-refractivity contribution in [1.29, 1.82) is 0 Å². The molecule has 0 aliphatic heterocycles.